The van der Waals surface area contributed by atoms with Crippen LogP contribution in [0.2, 0.25) is 0 Å². The zero-order valence-corrected chi connectivity index (χ0v) is 14.8. The minimum atomic E-state index is -0.907. The first-order valence-electron chi connectivity index (χ1n) is 8.55. The molecule has 0 saturated carbocycles. The summed E-state index contributed by atoms with van der Waals surface area (Å²) >= 11 is 0. The second kappa shape index (κ2) is 6.70. The number of amides is 1. The van der Waals surface area contributed by atoms with Crippen molar-refractivity contribution in [3.8, 4) is 5.69 Å². The number of carbonyl (C=O) groups excluding carboxylic acids is 1. The smallest absolute Gasteiger partial charge is 0.308 e. The molecule has 3 rings (SSSR count). The van der Waals surface area contributed by atoms with Gasteiger partial charge >= 0.3 is 5.97 Å². The third-order valence-electron chi connectivity index (χ3n) is 4.79. The highest BCUT2D eigenvalue weighted by atomic mass is 16.4. The van der Waals surface area contributed by atoms with Gasteiger partial charge in [0.25, 0.3) is 5.91 Å². The quantitative estimate of drug-likeness (QED) is 0.906. The molecule has 0 spiro atoms. The summed E-state index contributed by atoms with van der Waals surface area (Å²) in [4.78, 5) is 25.4. The van der Waals surface area contributed by atoms with E-state index in [9.17, 15) is 9.59 Å². The van der Waals surface area contributed by atoms with Crippen LogP contribution in [0.3, 0.4) is 0 Å². The van der Waals surface area contributed by atoms with E-state index in [1.807, 2.05) is 35.9 Å². The van der Waals surface area contributed by atoms with Gasteiger partial charge < -0.3 is 10.0 Å². The van der Waals surface area contributed by atoms with Crippen molar-refractivity contribution < 1.29 is 14.7 Å². The van der Waals surface area contributed by atoms with E-state index in [-0.39, 0.29) is 12.5 Å². The lowest BCUT2D eigenvalue weighted by Gasteiger charge is -2.18. The maximum absolute atomic E-state index is 12.8. The van der Waals surface area contributed by atoms with E-state index in [0.717, 1.165) is 41.8 Å². The Morgan fingerprint density at radius 1 is 1.32 bits per heavy atom. The molecule has 1 N–H and O–H groups in total. The van der Waals surface area contributed by atoms with Gasteiger partial charge in [-0.3, -0.25) is 9.59 Å². The van der Waals surface area contributed by atoms with Crippen LogP contribution in [0.15, 0.2) is 24.3 Å². The number of aryl methyl sites for hydroxylation is 1. The average Bonchev–Trinajstić information content (AvgIpc) is 3.17. The summed E-state index contributed by atoms with van der Waals surface area (Å²) in [6, 6.07) is 7.98. The molecule has 0 saturated heterocycles. The van der Waals surface area contributed by atoms with E-state index >= 15 is 0 Å². The van der Waals surface area contributed by atoms with Gasteiger partial charge in [-0.05, 0) is 37.8 Å². The van der Waals surface area contributed by atoms with Crippen LogP contribution < -0.4 is 0 Å². The fourth-order valence-electron chi connectivity index (χ4n) is 3.36. The van der Waals surface area contributed by atoms with Gasteiger partial charge in [-0.15, -0.1) is 0 Å². The predicted octanol–water partition coefficient (Wildman–Crippen LogP) is 2.46. The number of rotatable bonds is 5. The van der Waals surface area contributed by atoms with Crippen molar-refractivity contribution in [3.63, 3.8) is 0 Å². The van der Waals surface area contributed by atoms with Crippen LogP contribution in [0.4, 0.5) is 0 Å². The van der Waals surface area contributed by atoms with Crippen molar-refractivity contribution in [2.75, 3.05) is 13.6 Å². The number of hydrogen-bond acceptors (Lipinski definition) is 3. The van der Waals surface area contributed by atoms with Crippen molar-refractivity contribution in [2.45, 2.75) is 33.1 Å². The molecule has 6 heteroatoms. The first-order chi connectivity index (χ1) is 11.9. The fraction of sp³-hybridized carbons (Fsp3) is 0.421. The van der Waals surface area contributed by atoms with Gasteiger partial charge in [0.2, 0.25) is 0 Å². The Morgan fingerprint density at radius 3 is 2.72 bits per heavy atom. The zero-order chi connectivity index (χ0) is 18.1. The number of benzene rings is 1. The standard InChI is InChI=1S/C19H23N3O3/c1-12-7-4-5-9-15(12)22-16-10-6-8-14(16)17(20-22)18(23)21(3)11-13(2)19(24)25/h4-5,7,9,13H,6,8,10-11H2,1-3H3,(H,24,25). The summed E-state index contributed by atoms with van der Waals surface area (Å²) in [6.45, 7) is 3.79. The number of aliphatic carboxylic acids is 1. The minimum Gasteiger partial charge on any atom is -0.481 e. The van der Waals surface area contributed by atoms with E-state index in [0.29, 0.717) is 5.69 Å². The highest BCUT2D eigenvalue weighted by molar-refractivity contribution is 5.94. The van der Waals surface area contributed by atoms with E-state index in [1.165, 1.54) is 4.90 Å². The van der Waals surface area contributed by atoms with Crippen LogP contribution in [0.1, 0.15) is 40.7 Å². The maximum Gasteiger partial charge on any atom is 0.308 e. The molecule has 0 fully saturated rings. The molecule has 1 amide bonds. The van der Waals surface area contributed by atoms with Crippen molar-refractivity contribution in [1.82, 2.24) is 14.7 Å². The van der Waals surface area contributed by atoms with Crippen LogP contribution >= 0.6 is 0 Å². The van der Waals surface area contributed by atoms with Crippen LogP contribution in [0.25, 0.3) is 5.69 Å². The van der Waals surface area contributed by atoms with E-state index in [4.69, 9.17) is 5.11 Å². The lowest BCUT2D eigenvalue weighted by Crippen LogP contribution is -2.34. The third kappa shape index (κ3) is 3.16. The van der Waals surface area contributed by atoms with Gasteiger partial charge in [-0.1, -0.05) is 25.1 Å². The summed E-state index contributed by atoms with van der Waals surface area (Å²) < 4.78 is 1.89. The van der Waals surface area contributed by atoms with Crippen molar-refractivity contribution in [1.29, 1.82) is 0 Å². The van der Waals surface area contributed by atoms with Gasteiger partial charge in [0.1, 0.15) is 0 Å². The molecule has 0 radical (unpaired) electrons. The normalized spacial score (nSPS) is 14.2. The maximum atomic E-state index is 12.8. The number of carboxylic acid groups (broad SMARTS) is 1. The van der Waals surface area contributed by atoms with Crippen molar-refractivity contribution in [3.05, 3.63) is 46.8 Å². The zero-order valence-electron chi connectivity index (χ0n) is 14.8. The molecule has 2 aromatic rings. The fourth-order valence-corrected chi connectivity index (χ4v) is 3.36. The molecular weight excluding hydrogens is 318 g/mol. The number of nitrogens with zero attached hydrogens (tertiary/aromatic N) is 3. The Bertz CT molecular complexity index is 825. The van der Waals surface area contributed by atoms with Crippen molar-refractivity contribution in [2.24, 2.45) is 5.92 Å². The van der Waals surface area contributed by atoms with Crippen molar-refractivity contribution >= 4 is 11.9 Å². The predicted molar refractivity (Wildman–Crippen MR) is 94.1 cm³/mol. The molecule has 1 aromatic carbocycles. The lowest BCUT2D eigenvalue weighted by atomic mass is 10.1. The number of carbonyl (C=O) groups is 2. The number of carboxylic acids is 1. The first kappa shape index (κ1) is 17.2. The van der Waals surface area contributed by atoms with Gasteiger partial charge in [-0.25, -0.2) is 4.68 Å². The summed E-state index contributed by atoms with van der Waals surface area (Å²) in [6.07, 6.45) is 2.75. The topological polar surface area (TPSA) is 75.4 Å². The highest BCUT2D eigenvalue weighted by Crippen LogP contribution is 2.29. The molecule has 0 aliphatic heterocycles. The summed E-state index contributed by atoms with van der Waals surface area (Å²) in [5.41, 5.74) is 4.64. The number of hydrogen-bond donors (Lipinski definition) is 1. The van der Waals surface area contributed by atoms with Gasteiger partial charge in [0.05, 0.1) is 11.6 Å². The molecule has 1 atom stereocenters. The van der Waals surface area contributed by atoms with Gasteiger partial charge in [-0.2, -0.15) is 5.10 Å². The Morgan fingerprint density at radius 2 is 2.04 bits per heavy atom. The minimum absolute atomic E-state index is 0.167. The molecule has 1 aliphatic carbocycles. The molecular formula is C19H23N3O3. The van der Waals surface area contributed by atoms with Crippen LogP contribution in [-0.4, -0.2) is 45.3 Å². The Labute approximate surface area is 147 Å². The third-order valence-corrected chi connectivity index (χ3v) is 4.79. The number of aromatic nitrogens is 2. The first-order valence-corrected chi connectivity index (χ1v) is 8.55. The molecule has 132 valence electrons. The van der Waals surface area contributed by atoms with E-state index < -0.39 is 11.9 Å². The SMILES string of the molecule is Cc1ccccc1-n1nc(C(=O)N(C)CC(C)C(=O)O)c2c1CCC2. The largest absolute Gasteiger partial charge is 0.481 e. The second-order valence-electron chi connectivity index (χ2n) is 6.75. The van der Waals surface area contributed by atoms with Gasteiger partial charge in [0, 0.05) is 24.8 Å². The molecule has 1 unspecified atom stereocenters. The molecule has 25 heavy (non-hydrogen) atoms. The number of para-hydroxylation sites is 1. The molecule has 1 aliphatic rings. The Kier molecular flexibility index (Phi) is 4.61. The Hall–Kier alpha value is -2.63. The monoisotopic (exact) mass is 341 g/mol. The molecule has 0 bridgehead atoms. The number of fused-ring (bicyclic) bond motifs is 1. The molecule has 1 aromatic heterocycles. The summed E-state index contributed by atoms with van der Waals surface area (Å²) in [5, 5.41) is 13.7. The lowest BCUT2D eigenvalue weighted by molar-refractivity contribution is -0.141. The molecule has 6 nitrogen and oxygen atoms in total. The summed E-state index contributed by atoms with van der Waals surface area (Å²) in [5.74, 6) is -1.73. The van der Waals surface area contributed by atoms with E-state index in [2.05, 4.69) is 5.10 Å². The van der Waals surface area contributed by atoms with Crippen LogP contribution in [0, 0.1) is 12.8 Å². The second-order valence-corrected chi connectivity index (χ2v) is 6.75. The van der Waals surface area contributed by atoms with Crippen LogP contribution in [0.5, 0.6) is 0 Å². The van der Waals surface area contributed by atoms with Gasteiger partial charge in [0.15, 0.2) is 5.69 Å². The molecule has 1 heterocycles. The summed E-state index contributed by atoms with van der Waals surface area (Å²) in [7, 11) is 1.63. The Balaban J connectivity index is 1.96. The van der Waals surface area contributed by atoms with E-state index in [1.54, 1.807) is 14.0 Å². The average molecular weight is 341 g/mol. The highest BCUT2D eigenvalue weighted by Gasteiger charge is 2.29. The van der Waals surface area contributed by atoms with Crippen LogP contribution in [-0.2, 0) is 17.6 Å².